The van der Waals surface area contributed by atoms with Crippen molar-refractivity contribution in [2.75, 3.05) is 13.7 Å². The molecule has 0 aliphatic heterocycles. The van der Waals surface area contributed by atoms with Gasteiger partial charge in [-0.05, 0) is 48.5 Å². The fourth-order valence-corrected chi connectivity index (χ4v) is 4.15. The van der Waals surface area contributed by atoms with Gasteiger partial charge in [0.1, 0.15) is 16.4 Å². The van der Waals surface area contributed by atoms with Gasteiger partial charge in [0.15, 0.2) is 23.9 Å². The number of methoxy groups -OCH3 is 1. The number of halogens is 6. The van der Waals surface area contributed by atoms with Crippen LogP contribution in [0.4, 0.5) is 19.4 Å². The molecular formula is C26H20ClF5N2O4S. The highest BCUT2D eigenvalue weighted by molar-refractivity contribution is 8.45. The lowest BCUT2D eigenvalue weighted by Crippen LogP contribution is -2.32. The summed E-state index contributed by atoms with van der Waals surface area (Å²) in [6.45, 7) is 8.56. The SMILES string of the molecule is [C-]#[N+]C(C)(COc1cc(C#N)ccc1Oc1ccc(OC)cc1Cl)CC(=O)c1ccc(S(F)(F)(F)(F)F)cc1. The van der Waals surface area contributed by atoms with Gasteiger partial charge in [0.05, 0.1) is 30.2 Å². The van der Waals surface area contributed by atoms with Gasteiger partial charge in [0.25, 0.3) is 5.54 Å². The number of ether oxygens (including phenoxy) is 3. The Morgan fingerprint density at radius 1 is 1.03 bits per heavy atom. The molecule has 0 N–H and O–H groups in total. The summed E-state index contributed by atoms with van der Waals surface area (Å²) in [6.07, 6.45) is -0.495. The average Bonchev–Trinajstić information content (AvgIpc) is 2.87. The molecular weight excluding hydrogens is 567 g/mol. The van der Waals surface area contributed by atoms with Crippen molar-refractivity contribution in [2.24, 2.45) is 0 Å². The van der Waals surface area contributed by atoms with Crippen molar-refractivity contribution in [3.05, 3.63) is 88.2 Å². The van der Waals surface area contributed by atoms with E-state index in [9.17, 15) is 29.5 Å². The van der Waals surface area contributed by atoms with Crippen LogP contribution < -0.4 is 14.2 Å². The van der Waals surface area contributed by atoms with Gasteiger partial charge >= 0.3 is 10.2 Å². The fourth-order valence-electron chi connectivity index (χ4n) is 3.29. The van der Waals surface area contributed by atoms with E-state index in [1.54, 1.807) is 12.1 Å². The van der Waals surface area contributed by atoms with Gasteiger partial charge in [-0.1, -0.05) is 31.0 Å². The van der Waals surface area contributed by atoms with Crippen LogP contribution in [-0.2, 0) is 0 Å². The van der Waals surface area contributed by atoms with E-state index in [1.165, 1.54) is 38.3 Å². The van der Waals surface area contributed by atoms with E-state index in [2.05, 4.69) is 4.85 Å². The second-order valence-electron chi connectivity index (χ2n) is 8.66. The number of carbonyl (C=O) groups excluding carboxylic acids is 1. The number of hydrogen-bond donors (Lipinski definition) is 0. The molecule has 0 heterocycles. The maximum absolute atomic E-state index is 13.0. The first kappa shape index (κ1) is 29.6. The zero-order valence-electron chi connectivity index (χ0n) is 20.4. The lowest BCUT2D eigenvalue weighted by molar-refractivity contribution is 0.0947. The number of Topliss-reactive ketones (excluding diaryl/α,β-unsaturated/α-hetero) is 1. The monoisotopic (exact) mass is 586 g/mol. The Morgan fingerprint density at radius 2 is 1.67 bits per heavy atom. The van der Waals surface area contributed by atoms with Crippen LogP contribution in [0.15, 0.2) is 65.6 Å². The van der Waals surface area contributed by atoms with Gasteiger partial charge in [-0.15, -0.1) is 0 Å². The number of hydrogen-bond acceptors (Lipinski definition) is 5. The molecule has 0 aromatic heterocycles. The smallest absolute Gasteiger partial charge is 0.310 e. The lowest BCUT2D eigenvalue weighted by atomic mass is 9.94. The van der Waals surface area contributed by atoms with Gasteiger partial charge in [-0.2, -0.15) is 5.26 Å². The second kappa shape index (κ2) is 9.95. The lowest BCUT2D eigenvalue weighted by Gasteiger charge is -2.40. The largest absolute Gasteiger partial charge is 0.497 e. The van der Waals surface area contributed by atoms with Crippen molar-refractivity contribution in [1.29, 1.82) is 5.26 Å². The minimum atomic E-state index is -9.89. The van der Waals surface area contributed by atoms with Crippen molar-refractivity contribution in [1.82, 2.24) is 0 Å². The highest BCUT2D eigenvalue weighted by Gasteiger charge is 2.65. The third kappa shape index (κ3) is 7.53. The topological polar surface area (TPSA) is 72.9 Å². The molecule has 3 aromatic carbocycles. The van der Waals surface area contributed by atoms with E-state index in [1.807, 2.05) is 6.07 Å². The summed E-state index contributed by atoms with van der Waals surface area (Å²) in [5.41, 5.74) is -1.57. The molecule has 0 aliphatic rings. The third-order valence-electron chi connectivity index (χ3n) is 5.40. The van der Waals surface area contributed by atoms with Crippen molar-refractivity contribution in [3.8, 4) is 29.1 Å². The van der Waals surface area contributed by atoms with Gasteiger partial charge in [0, 0.05) is 24.6 Å². The van der Waals surface area contributed by atoms with Crippen LogP contribution in [0, 0.1) is 17.9 Å². The second-order valence-corrected chi connectivity index (χ2v) is 11.5. The molecule has 206 valence electrons. The first-order valence-corrected chi connectivity index (χ1v) is 13.2. The number of nitriles is 1. The first-order valence-electron chi connectivity index (χ1n) is 10.9. The molecule has 0 saturated carbocycles. The summed E-state index contributed by atoms with van der Waals surface area (Å²) in [5.74, 6) is 0.183. The Morgan fingerprint density at radius 3 is 2.21 bits per heavy atom. The van der Waals surface area contributed by atoms with Crippen LogP contribution in [0.3, 0.4) is 0 Å². The van der Waals surface area contributed by atoms with Gasteiger partial charge in [0.2, 0.25) is 0 Å². The van der Waals surface area contributed by atoms with E-state index in [4.69, 9.17) is 32.4 Å². The third-order valence-corrected chi connectivity index (χ3v) is 6.86. The van der Waals surface area contributed by atoms with Crippen LogP contribution in [-0.4, -0.2) is 25.0 Å². The van der Waals surface area contributed by atoms with Gasteiger partial charge < -0.3 is 19.1 Å². The van der Waals surface area contributed by atoms with Gasteiger partial charge in [-0.25, -0.2) is 6.57 Å². The minimum Gasteiger partial charge on any atom is -0.497 e. The van der Waals surface area contributed by atoms with Crippen LogP contribution in [0.2, 0.25) is 5.02 Å². The number of ketones is 1. The molecule has 39 heavy (non-hydrogen) atoms. The normalized spacial score (nSPS) is 14.5. The molecule has 0 bridgehead atoms. The van der Waals surface area contributed by atoms with Crippen molar-refractivity contribution in [2.45, 2.75) is 23.8 Å². The Hall–Kier alpha value is -4.00. The number of nitrogens with zero attached hydrogens (tertiary/aromatic N) is 2. The molecule has 3 aromatic rings. The average molecular weight is 587 g/mol. The van der Waals surface area contributed by atoms with Crippen molar-refractivity contribution in [3.63, 3.8) is 0 Å². The van der Waals surface area contributed by atoms with E-state index >= 15 is 0 Å². The molecule has 0 saturated heterocycles. The molecule has 0 fully saturated rings. The molecule has 0 aliphatic carbocycles. The van der Waals surface area contributed by atoms with E-state index in [-0.39, 0.29) is 52.1 Å². The van der Waals surface area contributed by atoms with Crippen molar-refractivity contribution < 1.29 is 38.4 Å². The Labute approximate surface area is 226 Å². The predicted molar refractivity (Wildman–Crippen MR) is 137 cm³/mol. The zero-order chi connectivity index (χ0) is 29.1. The van der Waals surface area contributed by atoms with Crippen LogP contribution in [0.5, 0.6) is 23.0 Å². The number of rotatable bonds is 10. The standard InChI is InChI=1S/C26H20ClF5N2O4S/c1-26(34-2,14-22(35)18-5-8-20(9-6-18)39(28,29,30,31)32)16-37-25-12-17(15-33)4-10-24(25)38-23-11-7-19(36-3)13-21(23)27/h4-13H,14,16H2,1,3H3. The maximum atomic E-state index is 13.0. The summed E-state index contributed by atoms with van der Waals surface area (Å²) in [5, 5.41) is 9.50. The molecule has 1 atom stereocenters. The summed E-state index contributed by atoms with van der Waals surface area (Å²) in [4.78, 5) is 14.0. The number of benzene rings is 3. The molecule has 3 rings (SSSR count). The van der Waals surface area contributed by atoms with E-state index in [0.29, 0.717) is 17.9 Å². The molecule has 13 heteroatoms. The fraction of sp³-hybridized carbons (Fsp3) is 0.192. The molecule has 6 nitrogen and oxygen atoms in total. The molecule has 0 spiro atoms. The van der Waals surface area contributed by atoms with Crippen LogP contribution in [0.1, 0.15) is 29.3 Å². The van der Waals surface area contributed by atoms with Crippen molar-refractivity contribution >= 4 is 27.6 Å². The van der Waals surface area contributed by atoms with E-state index in [0.717, 1.165) is 0 Å². The quantitative estimate of drug-likeness (QED) is 0.135. The molecule has 0 amide bonds. The Bertz CT molecular complexity index is 1500. The van der Waals surface area contributed by atoms with E-state index < -0.39 is 32.9 Å². The summed E-state index contributed by atoms with van der Waals surface area (Å²) in [7, 11) is -8.42. The highest BCUT2D eigenvalue weighted by atomic mass is 35.5. The van der Waals surface area contributed by atoms with Gasteiger partial charge in [-0.3, -0.25) is 4.79 Å². The Balaban J connectivity index is 1.80. The zero-order valence-corrected chi connectivity index (χ0v) is 22.0. The summed E-state index contributed by atoms with van der Waals surface area (Å²) >= 11 is 6.23. The minimum absolute atomic E-state index is 0.0588. The first-order chi connectivity index (χ1) is 18.0. The molecule has 1 unspecified atom stereocenters. The summed E-state index contributed by atoms with van der Waals surface area (Å²) < 4.78 is 81.5. The highest BCUT2D eigenvalue weighted by Crippen LogP contribution is 3.02. The number of carbonyl (C=O) groups is 1. The van der Waals surface area contributed by atoms with Crippen LogP contribution >= 0.6 is 21.8 Å². The Kier molecular flexibility index (Phi) is 7.54. The summed E-state index contributed by atoms with van der Waals surface area (Å²) in [6, 6.07) is 12.5. The molecule has 0 radical (unpaired) electrons. The predicted octanol–water partition coefficient (Wildman–Crippen LogP) is 9.00. The maximum Gasteiger partial charge on any atom is 0.310 e. The van der Waals surface area contributed by atoms with Crippen LogP contribution in [0.25, 0.3) is 4.85 Å².